The highest BCUT2D eigenvalue weighted by atomic mass is 32.3. The van der Waals surface area contributed by atoms with E-state index in [0.717, 1.165) is 31.4 Å². The summed E-state index contributed by atoms with van der Waals surface area (Å²) in [5.74, 6) is -1.04. The van der Waals surface area contributed by atoms with Crippen molar-refractivity contribution in [3.63, 3.8) is 0 Å². The van der Waals surface area contributed by atoms with E-state index in [0.29, 0.717) is 0 Å². The normalized spacial score (nSPS) is 14.9. The van der Waals surface area contributed by atoms with Crippen LogP contribution in [0.15, 0.2) is 29.2 Å². The Kier molecular flexibility index (Phi) is 4.38. The second-order valence-electron chi connectivity index (χ2n) is 3.42. The summed E-state index contributed by atoms with van der Waals surface area (Å²) in [4.78, 5) is 10.4. The van der Waals surface area contributed by atoms with E-state index in [9.17, 15) is 27.3 Å². The molecule has 6 nitrogen and oxygen atoms in total. The fourth-order valence-electron chi connectivity index (χ4n) is 1.26. The van der Waals surface area contributed by atoms with Gasteiger partial charge in [-0.2, -0.15) is 8.42 Å². The van der Waals surface area contributed by atoms with Crippen LogP contribution in [0.5, 0.6) is 0 Å². The van der Waals surface area contributed by atoms with Crippen LogP contribution in [0.3, 0.4) is 0 Å². The lowest BCUT2D eigenvalue weighted by Crippen LogP contribution is -2.29. The number of aliphatic hydroxyl groups excluding tert-OH is 2. The lowest BCUT2D eigenvalue weighted by Gasteiger charge is -2.15. The van der Waals surface area contributed by atoms with E-state index < -0.39 is 33.3 Å². The highest BCUT2D eigenvalue weighted by Gasteiger charge is 2.26. The number of hydrogen-bond donors (Lipinski definition) is 2. The molecule has 0 fully saturated rings. The van der Waals surface area contributed by atoms with Crippen LogP contribution < -0.4 is 0 Å². The van der Waals surface area contributed by atoms with Crippen molar-refractivity contribution >= 4 is 16.2 Å². The van der Waals surface area contributed by atoms with Gasteiger partial charge in [0.25, 0.3) is 0 Å². The highest BCUT2D eigenvalue weighted by molar-refractivity contribution is 7.86. The minimum absolute atomic E-state index is 0.0558. The molecule has 1 rings (SSSR count). The molecule has 0 amide bonds. The fraction of sp³-hybridized carbons (Fsp3) is 0.300. The van der Waals surface area contributed by atoms with Crippen LogP contribution in [0.2, 0.25) is 0 Å². The summed E-state index contributed by atoms with van der Waals surface area (Å²) in [6.45, 7) is 0. The summed E-state index contributed by atoms with van der Waals surface area (Å²) in [6, 6.07) is 4.00. The number of halogens is 1. The van der Waals surface area contributed by atoms with Gasteiger partial charge in [0.1, 0.15) is 6.10 Å². The van der Waals surface area contributed by atoms with Crippen molar-refractivity contribution in [3.8, 4) is 0 Å². The zero-order chi connectivity index (χ0) is 13.9. The van der Waals surface area contributed by atoms with Crippen LogP contribution in [0.1, 0.15) is 11.7 Å². The average molecular weight is 278 g/mol. The van der Waals surface area contributed by atoms with Crippen molar-refractivity contribution < 1.29 is 32.0 Å². The molecule has 0 saturated carbocycles. The number of benzene rings is 1. The quantitative estimate of drug-likeness (QED) is 0.589. The molecule has 18 heavy (non-hydrogen) atoms. The molecule has 0 radical (unpaired) electrons. The SMILES string of the molecule is COC(=O)[C@@H](O)[C@H](O)c1ccc(S(=O)(=O)F)cc1. The maximum Gasteiger partial charge on any atom is 0.337 e. The maximum atomic E-state index is 12.6. The van der Waals surface area contributed by atoms with Gasteiger partial charge in [0.15, 0.2) is 6.10 Å². The lowest BCUT2D eigenvalue weighted by atomic mass is 10.0. The molecule has 100 valence electrons. The van der Waals surface area contributed by atoms with E-state index in [1.807, 2.05) is 0 Å². The number of aliphatic hydroxyl groups is 2. The molecule has 0 aliphatic rings. The molecular weight excluding hydrogens is 267 g/mol. The Morgan fingerprint density at radius 1 is 1.28 bits per heavy atom. The molecule has 0 aliphatic carbocycles. The van der Waals surface area contributed by atoms with Gasteiger partial charge in [0.05, 0.1) is 12.0 Å². The smallest absolute Gasteiger partial charge is 0.337 e. The Morgan fingerprint density at radius 3 is 2.17 bits per heavy atom. The summed E-state index contributed by atoms with van der Waals surface area (Å²) in [6.07, 6.45) is -3.39. The first-order valence-corrected chi connectivity index (χ1v) is 6.14. The van der Waals surface area contributed by atoms with E-state index in [1.54, 1.807) is 0 Å². The Morgan fingerprint density at radius 2 is 1.78 bits per heavy atom. The van der Waals surface area contributed by atoms with Gasteiger partial charge in [0.2, 0.25) is 0 Å². The largest absolute Gasteiger partial charge is 0.467 e. The van der Waals surface area contributed by atoms with Gasteiger partial charge >= 0.3 is 16.2 Å². The standard InChI is InChI=1S/C10H11FO6S/c1-17-10(14)9(13)8(12)6-2-4-7(5-3-6)18(11,15)16/h2-5,8-9,12-13H,1H3/t8-,9+/m1/s1. The number of ether oxygens (including phenoxy) is 1. The van der Waals surface area contributed by atoms with Crippen LogP contribution in [-0.4, -0.2) is 37.8 Å². The summed E-state index contributed by atoms with van der Waals surface area (Å²) < 4.78 is 37.9. The molecule has 1 aromatic carbocycles. The molecule has 2 atom stereocenters. The molecule has 0 bridgehead atoms. The Labute approximate surface area is 103 Å². The number of rotatable bonds is 4. The summed E-state index contributed by atoms with van der Waals surface area (Å²) in [5, 5.41) is 18.9. The van der Waals surface area contributed by atoms with Crippen LogP contribution in [-0.2, 0) is 19.8 Å². The van der Waals surface area contributed by atoms with E-state index in [4.69, 9.17) is 0 Å². The first-order chi connectivity index (χ1) is 8.27. The van der Waals surface area contributed by atoms with Gasteiger partial charge in [-0.25, -0.2) is 4.79 Å². The van der Waals surface area contributed by atoms with Crippen LogP contribution in [0.25, 0.3) is 0 Å². The van der Waals surface area contributed by atoms with Crippen molar-refractivity contribution in [1.29, 1.82) is 0 Å². The molecular formula is C10H11FO6S. The molecule has 0 aliphatic heterocycles. The average Bonchev–Trinajstić information content (AvgIpc) is 2.35. The third-order valence-corrected chi connectivity index (χ3v) is 3.08. The number of carbonyl (C=O) groups is 1. The fourth-order valence-corrected chi connectivity index (χ4v) is 1.72. The van der Waals surface area contributed by atoms with Crippen molar-refractivity contribution in [2.24, 2.45) is 0 Å². The lowest BCUT2D eigenvalue weighted by molar-refractivity contribution is -0.156. The van der Waals surface area contributed by atoms with Gasteiger partial charge in [-0.3, -0.25) is 0 Å². The monoisotopic (exact) mass is 278 g/mol. The van der Waals surface area contributed by atoms with Crippen molar-refractivity contribution in [2.45, 2.75) is 17.1 Å². The first kappa shape index (κ1) is 14.6. The zero-order valence-electron chi connectivity index (χ0n) is 9.28. The van der Waals surface area contributed by atoms with Gasteiger partial charge in [-0.1, -0.05) is 12.1 Å². The van der Waals surface area contributed by atoms with E-state index in [-0.39, 0.29) is 5.56 Å². The minimum Gasteiger partial charge on any atom is -0.467 e. The first-order valence-electron chi connectivity index (χ1n) is 4.76. The second-order valence-corrected chi connectivity index (χ2v) is 4.77. The summed E-state index contributed by atoms with van der Waals surface area (Å²) in [5.41, 5.74) is 0.0558. The number of esters is 1. The molecule has 0 aromatic heterocycles. The van der Waals surface area contributed by atoms with Crippen LogP contribution in [0.4, 0.5) is 3.89 Å². The predicted octanol–water partition coefficient (Wildman–Crippen LogP) is -0.0879. The Bertz CT molecular complexity index is 524. The van der Waals surface area contributed by atoms with Gasteiger partial charge in [-0.15, -0.1) is 3.89 Å². The maximum absolute atomic E-state index is 12.6. The second kappa shape index (κ2) is 5.42. The Balaban J connectivity index is 2.95. The van der Waals surface area contributed by atoms with Crippen LogP contribution in [0, 0.1) is 0 Å². The summed E-state index contributed by atoms with van der Waals surface area (Å²) in [7, 11) is -3.78. The Hall–Kier alpha value is -1.51. The van der Waals surface area contributed by atoms with E-state index in [1.165, 1.54) is 0 Å². The highest BCUT2D eigenvalue weighted by Crippen LogP contribution is 2.20. The van der Waals surface area contributed by atoms with Gasteiger partial charge in [-0.05, 0) is 17.7 Å². The third kappa shape index (κ3) is 3.25. The number of methoxy groups -OCH3 is 1. The molecule has 2 N–H and O–H groups in total. The molecule has 0 unspecified atom stereocenters. The van der Waals surface area contributed by atoms with E-state index in [2.05, 4.69) is 4.74 Å². The van der Waals surface area contributed by atoms with Gasteiger partial charge in [0, 0.05) is 0 Å². The number of hydrogen-bond acceptors (Lipinski definition) is 6. The van der Waals surface area contributed by atoms with Crippen molar-refractivity contribution in [1.82, 2.24) is 0 Å². The molecule has 1 aromatic rings. The third-order valence-electron chi connectivity index (χ3n) is 2.24. The summed E-state index contributed by atoms with van der Waals surface area (Å²) >= 11 is 0. The van der Waals surface area contributed by atoms with E-state index >= 15 is 0 Å². The molecule has 0 spiro atoms. The predicted molar refractivity (Wildman–Crippen MR) is 57.7 cm³/mol. The zero-order valence-corrected chi connectivity index (χ0v) is 10.1. The number of carbonyl (C=O) groups excluding carboxylic acids is 1. The molecule has 0 saturated heterocycles. The molecule has 8 heteroatoms. The van der Waals surface area contributed by atoms with Crippen molar-refractivity contribution in [3.05, 3.63) is 29.8 Å². The van der Waals surface area contributed by atoms with Crippen molar-refractivity contribution in [2.75, 3.05) is 7.11 Å². The topological polar surface area (TPSA) is 101 Å². The van der Waals surface area contributed by atoms with Crippen LogP contribution >= 0.6 is 0 Å². The molecule has 0 heterocycles. The van der Waals surface area contributed by atoms with Gasteiger partial charge < -0.3 is 14.9 Å². The minimum atomic E-state index is -4.82.